The lowest BCUT2D eigenvalue weighted by atomic mass is 10.0. The van der Waals surface area contributed by atoms with E-state index >= 15 is 0 Å². The number of nitrogens with zero attached hydrogens (tertiary/aromatic N) is 3. The van der Waals surface area contributed by atoms with E-state index in [1.54, 1.807) is 0 Å². The number of aryl methyl sites for hydroxylation is 2. The zero-order valence-corrected chi connectivity index (χ0v) is 12.4. The average molecular weight is 271 g/mol. The molecule has 4 nitrogen and oxygen atoms in total. The monoisotopic (exact) mass is 271 g/mol. The van der Waals surface area contributed by atoms with Gasteiger partial charge < -0.3 is 9.30 Å². The maximum absolute atomic E-state index is 6.03. The van der Waals surface area contributed by atoms with E-state index in [9.17, 15) is 0 Å². The minimum Gasteiger partial charge on any atom is -0.485 e. The minimum atomic E-state index is 0.453. The van der Waals surface area contributed by atoms with Gasteiger partial charge in [-0.2, -0.15) is 0 Å². The molecule has 0 N–H and O–H groups in total. The van der Waals surface area contributed by atoms with Gasteiger partial charge in [-0.25, -0.2) is 0 Å². The molecule has 1 aliphatic heterocycles. The van der Waals surface area contributed by atoms with Crippen molar-refractivity contribution in [3.05, 3.63) is 41.0 Å². The first-order valence-corrected chi connectivity index (χ1v) is 7.29. The standard InChI is InChI=1S/C16H21N3O/c1-11(2)13-7-6-12(3)9-14(13)20-10-16-18-17-15-5-4-8-19(15)16/h6-7,9,11H,4-5,8,10H2,1-3H3. The number of hydrogen-bond acceptors (Lipinski definition) is 3. The molecule has 0 aliphatic carbocycles. The fourth-order valence-electron chi connectivity index (χ4n) is 2.70. The second-order valence-electron chi connectivity index (χ2n) is 5.77. The van der Waals surface area contributed by atoms with Crippen molar-refractivity contribution in [1.82, 2.24) is 14.8 Å². The molecular formula is C16H21N3O. The van der Waals surface area contributed by atoms with Crippen LogP contribution < -0.4 is 4.74 Å². The van der Waals surface area contributed by atoms with Crippen molar-refractivity contribution in [2.75, 3.05) is 0 Å². The lowest BCUT2D eigenvalue weighted by Gasteiger charge is -2.14. The highest BCUT2D eigenvalue weighted by Gasteiger charge is 2.18. The molecule has 1 aromatic heterocycles. The van der Waals surface area contributed by atoms with Gasteiger partial charge in [0.25, 0.3) is 0 Å². The van der Waals surface area contributed by atoms with E-state index in [1.165, 1.54) is 17.5 Å². The quantitative estimate of drug-likeness (QED) is 0.857. The minimum absolute atomic E-state index is 0.453. The zero-order chi connectivity index (χ0) is 14.1. The third kappa shape index (κ3) is 2.42. The normalized spacial score (nSPS) is 13.8. The smallest absolute Gasteiger partial charge is 0.171 e. The van der Waals surface area contributed by atoms with Crippen LogP contribution in [-0.2, 0) is 19.6 Å². The molecule has 4 heteroatoms. The molecule has 0 fully saturated rings. The molecule has 1 aromatic carbocycles. The largest absolute Gasteiger partial charge is 0.485 e. The predicted molar refractivity (Wildman–Crippen MR) is 77.9 cm³/mol. The average Bonchev–Trinajstić information content (AvgIpc) is 2.99. The molecule has 1 aliphatic rings. The Balaban J connectivity index is 1.79. The van der Waals surface area contributed by atoms with Crippen LogP contribution in [0.1, 0.15) is 49.0 Å². The van der Waals surface area contributed by atoms with Gasteiger partial charge in [0.05, 0.1) is 0 Å². The van der Waals surface area contributed by atoms with Crippen molar-refractivity contribution >= 4 is 0 Å². The van der Waals surface area contributed by atoms with E-state index in [2.05, 4.69) is 53.7 Å². The first-order valence-electron chi connectivity index (χ1n) is 7.29. The van der Waals surface area contributed by atoms with E-state index in [1.807, 2.05) is 0 Å². The Hall–Kier alpha value is -1.84. The lowest BCUT2D eigenvalue weighted by Crippen LogP contribution is -2.07. The van der Waals surface area contributed by atoms with Gasteiger partial charge in [0, 0.05) is 13.0 Å². The molecule has 0 saturated carbocycles. The highest BCUT2D eigenvalue weighted by atomic mass is 16.5. The summed E-state index contributed by atoms with van der Waals surface area (Å²) >= 11 is 0. The summed E-state index contributed by atoms with van der Waals surface area (Å²) in [7, 11) is 0. The van der Waals surface area contributed by atoms with Crippen molar-refractivity contribution in [1.29, 1.82) is 0 Å². The maximum Gasteiger partial charge on any atom is 0.171 e. The van der Waals surface area contributed by atoms with Crippen LogP contribution in [0.5, 0.6) is 5.75 Å². The highest BCUT2D eigenvalue weighted by molar-refractivity contribution is 5.39. The molecule has 0 saturated heterocycles. The Bertz CT molecular complexity index is 616. The Morgan fingerprint density at radius 1 is 1.30 bits per heavy atom. The van der Waals surface area contributed by atoms with Crippen LogP contribution in [-0.4, -0.2) is 14.8 Å². The van der Waals surface area contributed by atoms with E-state index in [4.69, 9.17) is 4.74 Å². The van der Waals surface area contributed by atoms with Crippen LogP contribution >= 0.6 is 0 Å². The maximum atomic E-state index is 6.03. The third-order valence-electron chi connectivity index (χ3n) is 3.83. The summed E-state index contributed by atoms with van der Waals surface area (Å²) in [6, 6.07) is 6.40. The van der Waals surface area contributed by atoms with E-state index < -0.39 is 0 Å². The molecule has 2 heterocycles. The topological polar surface area (TPSA) is 39.9 Å². The number of aromatic nitrogens is 3. The number of fused-ring (bicyclic) bond motifs is 1. The molecule has 106 valence electrons. The van der Waals surface area contributed by atoms with Crippen molar-refractivity contribution in [3.8, 4) is 5.75 Å². The van der Waals surface area contributed by atoms with Crippen molar-refractivity contribution in [3.63, 3.8) is 0 Å². The molecule has 0 unspecified atom stereocenters. The van der Waals surface area contributed by atoms with Gasteiger partial charge in [0.15, 0.2) is 5.82 Å². The molecule has 2 aromatic rings. The van der Waals surface area contributed by atoms with Crippen molar-refractivity contribution < 1.29 is 4.74 Å². The van der Waals surface area contributed by atoms with Crippen LogP contribution in [0.3, 0.4) is 0 Å². The fraction of sp³-hybridized carbons (Fsp3) is 0.500. The van der Waals surface area contributed by atoms with Gasteiger partial charge in [0.1, 0.15) is 18.2 Å². The van der Waals surface area contributed by atoms with Gasteiger partial charge >= 0.3 is 0 Å². The molecular weight excluding hydrogens is 250 g/mol. The number of ether oxygens (including phenoxy) is 1. The molecule has 0 bridgehead atoms. The SMILES string of the molecule is Cc1ccc(C(C)C)c(OCc2nnc3n2CCC3)c1. The summed E-state index contributed by atoms with van der Waals surface area (Å²) in [4.78, 5) is 0. The predicted octanol–water partition coefficient (Wildman–Crippen LogP) is 3.24. The summed E-state index contributed by atoms with van der Waals surface area (Å²) in [6.45, 7) is 7.98. The summed E-state index contributed by atoms with van der Waals surface area (Å²) in [5, 5.41) is 8.45. The summed E-state index contributed by atoms with van der Waals surface area (Å²) in [6.07, 6.45) is 2.20. The van der Waals surface area contributed by atoms with E-state index in [0.717, 1.165) is 30.4 Å². The first-order chi connectivity index (χ1) is 9.65. The van der Waals surface area contributed by atoms with Gasteiger partial charge in [-0.05, 0) is 36.5 Å². The highest BCUT2D eigenvalue weighted by Crippen LogP contribution is 2.28. The van der Waals surface area contributed by atoms with Gasteiger partial charge in [-0.1, -0.05) is 26.0 Å². The van der Waals surface area contributed by atoms with Crippen LogP contribution in [0, 0.1) is 6.92 Å². The number of hydrogen-bond donors (Lipinski definition) is 0. The first kappa shape index (κ1) is 13.2. The Morgan fingerprint density at radius 2 is 2.15 bits per heavy atom. The van der Waals surface area contributed by atoms with Gasteiger partial charge in [0.2, 0.25) is 0 Å². The Morgan fingerprint density at radius 3 is 2.95 bits per heavy atom. The molecule has 20 heavy (non-hydrogen) atoms. The molecule has 0 atom stereocenters. The second kappa shape index (κ2) is 5.27. The molecule has 0 amide bonds. The van der Waals surface area contributed by atoms with Gasteiger partial charge in [-0.3, -0.25) is 0 Å². The molecule has 3 rings (SSSR count). The van der Waals surface area contributed by atoms with Crippen molar-refractivity contribution in [2.24, 2.45) is 0 Å². The number of rotatable bonds is 4. The fourth-order valence-corrected chi connectivity index (χ4v) is 2.70. The summed E-state index contributed by atoms with van der Waals surface area (Å²) in [5.41, 5.74) is 2.47. The zero-order valence-electron chi connectivity index (χ0n) is 12.4. The third-order valence-corrected chi connectivity index (χ3v) is 3.83. The Labute approximate surface area is 119 Å². The summed E-state index contributed by atoms with van der Waals surface area (Å²) in [5.74, 6) is 3.45. The van der Waals surface area contributed by atoms with Crippen molar-refractivity contribution in [2.45, 2.75) is 52.7 Å². The van der Waals surface area contributed by atoms with E-state index in [-0.39, 0.29) is 0 Å². The van der Waals surface area contributed by atoms with Crippen LogP contribution in [0.4, 0.5) is 0 Å². The molecule has 0 radical (unpaired) electrons. The van der Waals surface area contributed by atoms with Gasteiger partial charge in [-0.15, -0.1) is 10.2 Å². The Kier molecular flexibility index (Phi) is 3.47. The second-order valence-corrected chi connectivity index (χ2v) is 5.77. The molecule has 0 spiro atoms. The van der Waals surface area contributed by atoms with Crippen LogP contribution in [0.2, 0.25) is 0 Å². The van der Waals surface area contributed by atoms with Crippen LogP contribution in [0.15, 0.2) is 18.2 Å². The van der Waals surface area contributed by atoms with E-state index in [0.29, 0.717) is 12.5 Å². The van der Waals surface area contributed by atoms with Crippen LogP contribution in [0.25, 0.3) is 0 Å². The lowest BCUT2D eigenvalue weighted by molar-refractivity contribution is 0.285. The number of benzene rings is 1. The summed E-state index contributed by atoms with van der Waals surface area (Å²) < 4.78 is 8.21.